The van der Waals surface area contributed by atoms with Crippen molar-refractivity contribution in [1.82, 2.24) is 5.32 Å². The van der Waals surface area contributed by atoms with E-state index in [9.17, 15) is 45.6 Å². The Morgan fingerprint density at radius 2 is 1.26 bits per heavy atom. The lowest BCUT2D eigenvalue weighted by Crippen LogP contribution is -2.65. The van der Waals surface area contributed by atoms with E-state index in [1.165, 1.54) is 25.7 Å². The first-order chi connectivity index (χ1) is 24.1. The van der Waals surface area contributed by atoms with E-state index in [-0.39, 0.29) is 12.5 Å². The smallest absolute Gasteiger partial charge is 0.220 e. The van der Waals surface area contributed by atoms with Crippen LogP contribution in [0.4, 0.5) is 0 Å². The third-order valence-corrected chi connectivity index (χ3v) is 9.48. The number of aliphatic hydroxyl groups excluding tert-OH is 8. The third kappa shape index (κ3) is 15.4. The van der Waals surface area contributed by atoms with Gasteiger partial charge in [-0.15, -0.1) is 0 Å². The first-order valence-electron chi connectivity index (χ1n) is 18.9. The fourth-order valence-electron chi connectivity index (χ4n) is 6.23. The Balaban J connectivity index is 1.86. The third-order valence-electron chi connectivity index (χ3n) is 9.48. The molecule has 2 heterocycles. The average Bonchev–Trinajstić information content (AvgIpc) is 3.11. The van der Waals surface area contributed by atoms with E-state index in [2.05, 4.69) is 24.4 Å². The second-order valence-electron chi connectivity index (χ2n) is 13.7. The number of carbonyl (C=O) groups excluding carboxylic acids is 1. The van der Waals surface area contributed by atoms with Gasteiger partial charge in [0.05, 0.1) is 32.0 Å². The molecule has 294 valence electrons. The summed E-state index contributed by atoms with van der Waals surface area (Å²) in [5.74, 6) is -0.231. The number of hydrogen-bond donors (Lipinski definition) is 9. The van der Waals surface area contributed by atoms with Crippen LogP contribution in [0, 0.1) is 0 Å². The van der Waals surface area contributed by atoms with E-state index in [4.69, 9.17) is 18.9 Å². The zero-order valence-electron chi connectivity index (χ0n) is 30.1. The highest BCUT2D eigenvalue weighted by Crippen LogP contribution is 2.29. The fraction of sp³-hybridized carbons (Fsp3) is 0.917. The Bertz CT molecular complexity index is 909. The summed E-state index contributed by atoms with van der Waals surface area (Å²) in [6, 6.07) is -0.822. The Morgan fingerprint density at radius 1 is 0.700 bits per heavy atom. The van der Waals surface area contributed by atoms with E-state index < -0.39 is 86.8 Å². The number of ether oxygens (including phenoxy) is 4. The van der Waals surface area contributed by atoms with Crippen LogP contribution in [0.25, 0.3) is 0 Å². The fourth-order valence-corrected chi connectivity index (χ4v) is 6.23. The van der Waals surface area contributed by atoms with E-state index in [1.54, 1.807) is 0 Å². The quantitative estimate of drug-likeness (QED) is 0.0454. The number of hydrogen-bond acceptors (Lipinski definition) is 13. The number of amides is 1. The predicted molar refractivity (Wildman–Crippen MR) is 185 cm³/mol. The molecule has 9 N–H and O–H groups in total. The van der Waals surface area contributed by atoms with Crippen LogP contribution in [0.2, 0.25) is 0 Å². The summed E-state index contributed by atoms with van der Waals surface area (Å²) in [5.41, 5.74) is 0. The highest BCUT2D eigenvalue weighted by Gasteiger charge is 2.50. The lowest BCUT2D eigenvalue weighted by atomic mass is 9.97. The number of rotatable bonds is 26. The molecule has 50 heavy (non-hydrogen) atoms. The van der Waals surface area contributed by atoms with Gasteiger partial charge in [0.1, 0.15) is 48.8 Å². The molecule has 0 aromatic carbocycles. The molecule has 0 bridgehead atoms. The second-order valence-corrected chi connectivity index (χ2v) is 13.7. The standard InChI is InChI=1S/C36H67NO13/c1-3-5-7-8-9-10-11-12-13-14-15-16-18-20-28(41)37-24(25(40)19-17-6-4-2)23-47-35-33(46)31(44)34(27(22-39)49-35)50-36-32(45)30(43)29(42)26(21-38)48-36/h10-11,24-27,29-36,38-40,42-46H,3-9,12-23H2,1-2H3,(H,37,41)/b11-10-. The summed E-state index contributed by atoms with van der Waals surface area (Å²) in [4.78, 5) is 12.9. The summed E-state index contributed by atoms with van der Waals surface area (Å²) >= 11 is 0. The lowest BCUT2D eigenvalue weighted by molar-refractivity contribution is -0.359. The summed E-state index contributed by atoms with van der Waals surface area (Å²) in [7, 11) is 0. The molecule has 12 atom stereocenters. The van der Waals surface area contributed by atoms with Crippen LogP contribution in [-0.2, 0) is 23.7 Å². The molecule has 2 aliphatic heterocycles. The molecule has 14 heteroatoms. The van der Waals surface area contributed by atoms with Crippen molar-refractivity contribution in [2.24, 2.45) is 0 Å². The summed E-state index contributed by atoms with van der Waals surface area (Å²) in [5, 5.41) is 85.5. The minimum atomic E-state index is -1.78. The maximum absolute atomic E-state index is 12.9. The highest BCUT2D eigenvalue weighted by molar-refractivity contribution is 5.76. The molecule has 14 nitrogen and oxygen atoms in total. The Labute approximate surface area is 297 Å². The van der Waals surface area contributed by atoms with E-state index >= 15 is 0 Å². The van der Waals surface area contributed by atoms with Gasteiger partial charge < -0.3 is 65.1 Å². The van der Waals surface area contributed by atoms with Gasteiger partial charge in [0.25, 0.3) is 0 Å². The van der Waals surface area contributed by atoms with Crippen LogP contribution in [0.1, 0.15) is 117 Å². The van der Waals surface area contributed by atoms with Crippen molar-refractivity contribution in [3.63, 3.8) is 0 Å². The molecule has 2 rings (SSSR count). The second kappa shape index (κ2) is 25.7. The van der Waals surface area contributed by atoms with Crippen LogP contribution in [-0.4, -0.2) is 140 Å². The predicted octanol–water partition coefficient (Wildman–Crippen LogP) is 1.31. The summed E-state index contributed by atoms with van der Waals surface area (Å²) < 4.78 is 22.4. The van der Waals surface area contributed by atoms with Gasteiger partial charge in [-0.1, -0.05) is 83.8 Å². The molecule has 2 saturated heterocycles. The SMILES string of the molecule is CCCCCC/C=C\CCCCCCCC(=O)NC(COC1OC(CO)C(OC2OC(CO)C(O)C(O)C2O)C(O)C1O)C(O)CCCCC. The maximum Gasteiger partial charge on any atom is 0.220 e. The van der Waals surface area contributed by atoms with Gasteiger partial charge in [-0.05, 0) is 38.5 Å². The van der Waals surface area contributed by atoms with Crippen LogP contribution < -0.4 is 5.32 Å². The van der Waals surface area contributed by atoms with Gasteiger partial charge in [0.2, 0.25) is 5.91 Å². The topological polar surface area (TPSA) is 228 Å². The van der Waals surface area contributed by atoms with Crippen molar-refractivity contribution in [2.45, 2.75) is 190 Å². The molecule has 0 spiro atoms. The van der Waals surface area contributed by atoms with Crippen molar-refractivity contribution in [1.29, 1.82) is 0 Å². The minimum Gasteiger partial charge on any atom is -0.394 e. The van der Waals surface area contributed by atoms with Crippen molar-refractivity contribution >= 4 is 5.91 Å². The molecule has 0 aliphatic carbocycles. The molecule has 1 amide bonds. The zero-order valence-corrected chi connectivity index (χ0v) is 30.1. The van der Waals surface area contributed by atoms with Gasteiger partial charge in [-0.3, -0.25) is 4.79 Å². The molecular weight excluding hydrogens is 654 g/mol. The van der Waals surface area contributed by atoms with Crippen molar-refractivity contribution in [3.05, 3.63) is 12.2 Å². The lowest BCUT2D eigenvalue weighted by Gasteiger charge is -2.46. The van der Waals surface area contributed by atoms with Gasteiger partial charge in [-0.2, -0.15) is 0 Å². The molecule has 2 aliphatic rings. The average molecular weight is 722 g/mol. The number of unbranched alkanes of at least 4 members (excludes halogenated alkanes) is 11. The van der Waals surface area contributed by atoms with E-state index in [0.29, 0.717) is 19.3 Å². The monoisotopic (exact) mass is 721 g/mol. The summed E-state index contributed by atoms with van der Waals surface area (Å²) in [6.45, 7) is 2.60. The zero-order chi connectivity index (χ0) is 36.9. The first kappa shape index (κ1) is 44.9. The van der Waals surface area contributed by atoms with Gasteiger partial charge in [0.15, 0.2) is 12.6 Å². The van der Waals surface area contributed by atoms with Crippen LogP contribution >= 0.6 is 0 Å². The summed E-state index contributed by atoms with van der Waals surface area (Å²) in [6.07, 6.45) is 3.40. The Hall–Kier alpha value is -1.27. The number of carbonyl (C=O) groups is 1. The highest BCUT2D eigenvalue weighted by atomic mass is 16.7. The minimum absolute atomic E-state index is 0.231. The first-order valence-corrected chi connectivity index (χ1v) is 18.9. The normalized spacial score (nSPS) is 31.6. The maximum atomic E-state index is 12.9. The van der Waals surface area contributed by atoms with Crippen molar-refractivity contribution in [2.75, 3.05) is 19.8 Å². The van der Waals surface area contributed by atoms with E-state index in [1.807, 2.05) is 6.92 Å². The van der Waals surface area contributed by atoms with Crippen molar-refractivity contribution < 1.29 is 64.6 Å². The van der Waals surface area contributed by atoms with E-state index in [0.717, 1.165) is 57.8 Å². The molecule has 0 radical (unpaired) electrons. The van der Waals surface area contributed by atoms with Gasteiger partial charge >= 0.3 is 0 Å². The van der Waals surface area contributed by atoms with Crippen LogP contribution in [0.15, 0.2) is 12.2 Å². The van der Waals surface area contributed by atoms with Gasteiger partial charge in [-0.25, -0.2) is 0 Å². The van der Waals surface area contributed by atoms with Crippen LogP contribution in [0.3, 0.4) is 0 Å². The largest absolute Gasteiger partial charge is 0.394 e. The molecule has 12 unspecified atom stereocenters. The number of aliphatic hydroxyl groups is 8. The Morgan fingerprint density at radius 3 is 1.90 bits per heavy atom. The Kier molecular flexibility index (Phi) is 23.0. The number of nitrogens with one attached hydrogen (secondary N) is 1. The van der Waals surface area contributed by atoms with Gasteiger partial charge in [0, 0.05) is 6.42 Å². The molecule has 0 aromatic heterocycles. The molecular formula is C36H67NO13. The molecule has 2 fully saturated rings. The molecule has 0 saturated carbocycles. The van der Waals surface area contributed by atoms with Crippen LogP contribution in [0.5, 0.6) is 0 Å². The van der Waals surface area contributed by atoms with Crippen molar-refractivity contribution in [3.8, 4) is 0 Å². The number of allylic oxidation sites excluding steroid dienone is 2. The molecule has 0 aromatic rings.